The summed E-state index contributed by atoms with van der Waals surface area (Å²) in [5.41, 5.74) is 1.07. The monoisotopic (exact) mass is 480 g/mol. The van der Waals surface area contributed by atoms with Crippen molar-refractivity contribution in [1.82, 2.24) is 0 Å². The van der Waals surface area contributed by atoms with Crippen molar-refractivity contribution in [3.05, 3.63) is 69.7 Å². The third-order valence-electron chi connectivity index (χ3n) is 3.52. The molecule has 0 aliphatic carbocycles. The number of benzene rings is 2. The van der Waals surface area contributed by atoms with Gasteiger partial charge in [-0.2, -0.15) is 0 Å². The van der Waals surface area contributed by atoms with Gasteiger partial charge < -0.3 is 0 Å². The van der Waals surface area contributed by atoms with Crippen molar-refractivity contribution >= 4 is 47.8 Å². The van der Waals surface area contributed by atoms with Gasteiger partial charge in [0.1, 0.15) is 0 Å². The van der Waals surface area contributed by atoms with Gasteiger partial charge in [-0.1, -0.05) is 78.1 Å². The van der Waals surface area contributed by atoms with Gasteiger partial charge in [0, 0.05) is 20.5 Å². The van der Waals surface area contributed by atoms with Gasteiger partial charge in [0.2, 0.25) is 0 Å². The molecule has 0 unspecified atom stereocenters. The lowest BCUT2D eigenvalue weighted by Gasteiger charge is -2.32. The van der Waals surface area contributed by atoms with E-state index in [1.807, 2.05) is 24.3 Å². The average Bonchev–Trinajstić information content (AvgIpc) is 2.50. The Bertz CT molecular complexity index is 625. The summed E-state index contributed by atoms with van der Waals surface area (Å²) in [5.74, 6) is -1.58. The number of rotatable bonds is 5. The van der Waals surface area contributed by atoms with Crippen molar-refractivity contribution in [2.24, 2.45) is 0 Å². The second-order valence-electron chi connectivity index (χ2n) is 4.92. The lowest BCUT2D eigenvalue weighted by Crippen LogP contribution is -2.33. The van der Waals surface area contributed by atoms with Gasteiger partial charge >= 0.3 is 0 Å². The lowest BCUT2D eigenvalue weighted by molar-refractivity contribution is 0.475. The van der Waals surface area contributed by atoms with Gasteiger partial charge in [-0.25, -0.2) is 8.78 Å². The van der Waals surface area contributed by atoms with Crippen molar-refractivity contribution in [2.45, 2.75) is 11.8 Å². The average molecular weight is 483 g/mol. The van der Waals surface area contributed by atoms with Crippen LogP contribution in [0.4, 0.5) is 8.78 Å². The summed E-state index contributed by atoms with van der Waals surface area (Å²) < 4.78 is 28.4. The fourth-order valence-corrected chi connectivity index (χ4v) is 4.94. The Kier molecular flexibility index (Phi) is 5.97. The standard InChI is InChI=1S/C16H13Br3F2/c17-9-16(10-18,12-5-1-2-6-13(12)19)8-11-4-3-7-14(20)15(11)21/h1-7H,8-10H2. The Balaban J connectivity index is 2.49. The maximum absolute atomic E-state index is 14.0. The van der Waals surface area contributed by atoms with Gasteiger partial charge in [-0.15, -0.1) is 0 Å². The molecule has 0 amide bonds. The predicted molar refractivity (Wildman–Crippen MR) is 93.5 cm³/mol. The van der Waals surface area contributed by atoms with E-state index in [0.717, 1.165) is 16.1 Å². The molecule has 0 saturated carbocycles. The topological polar surface area (TPSA) is 0 Å². The van der Waals surface area contributed by atoms with Crippen molar-refractivity contribution in [3.63, 3.8) is 0 Å². The molecule has 0 aliphatic heterocycles. The van der Waals surface area contributed by atoms with E-state index in [0.29, 0.717) is 22.6 Å². The normalized spacial score (nSPS) is 11.7. The van der Waals surface area contributed by atoms with Crippen molar-refractivity contribution in [2.75, 3.05) is 10.7 Å². The molecule has 21 heavy (non-hydrogen) atoms. The summed E-state index contributed by atoms with van der Waals surface area (Å²) >= 11 is 10.6. The molecule has 0 aromatic heterocycles. The Morgan fingerprint density at radius 3 is 2.19 bits per heavy atom. The fraction of sp³-hybridized carbons (Fsp3) is 0.250. The minimum atomic E-state index is -0.808. The molecule has 0 heterocycles. The molecular formula is C16H13Br3F2. The van der Waals surface area contributed by atoms with E-state index in [1.165, 1.54) is 0 Å². The summed E-state index contributed by atoms with van der Waals surface area (Å²) in [6.07, 6.45) is 0.399. The van der Waals surface area contributed by atoms with E-state index < -0.39 is 11.6 Å². The summed E-state index contributed by atoms with van der Waals surface area (Å²) in [6.45, 7) is 0. The first-order valence-corrected chi connectivity index (χ1v) is 9.37. The van der Waals surface area contributed by atoms with E-state index in [1.54, 1.807) is 12.1 Å². The minimum absolute atomic E-state index is 0.366. The largest absolute Gasteiger partial charge is 0.204 e. The molecule has 0 atom stereocenters. The molecule has 0 aliphatic rings. The zero-order valence-corrected chi connectivity index (χ0v) is 15.8. The first-order valence-electron chi connectivity index (χ1n) is 6.34. The molecule has 0 fully saturated rings. The van der Waals surface area contributed by atoms with Crippen LogP contribution in [0.2, 0.25) is 0 Å². The smallest absolute Gasteiger partial charge is 0.162 e. The Labute approximate surface area is 148 Å². The molecule has 2 aromatic rings. The van der Waals surface area contributed by atoms with Crippen LogP contribution >= 0.6 is 47.8 Å². The number of hydrogen-bond donors (Lipinski definition) is 0. The second-order valence-corrected chi connectivity index (χ2v) is 6.89. The highest BCUT2D eigenvalue weighted by Crippen LogP contribution is 2.37. The van der Waals surface area contributed by atoms with Crippen molar-refractivity contribution < 1.29 is 8.78 Å². The Hall–Kier alpha value is -0.260. The molecule has 112 valence electrons. The Morgan fingerprint density at radius 1 is 0.905 bits per heavy atom. The van der Waals surface area contributed by atoms with Gasteiger partial charge in [0.25, 0.3) is 0 Å². The summed E-state index contributed by atoms with van der Waals surface area (Å²) in [5, 5.41) is 1.26. The predicted octanol–water partition coefficient (Wildman–Crippen LogP) is 6.00. The van der Waals surface area contributed by atoms with Crippen LogP contribution < -0.4 is 0 Å². The molecule has 5 heteroatoms. The highest BCUT2D eigenvalue weighted by molar-refractivity contribution is 9.10. The molecule has 0 N–H and O–H groups in total. The second kappa shape index (κ2) is 7.34. The Morgan fingerprint density at radius 2 is 1.57 bits per heavy atom. The number of hydrogen-bond acceptors (Lipinski definition) is 0. The van der Waals surface area contributed by atoms with Gasteiger partial charge in [0.05, 0.1) is 0 Å². The van der Waals surface area contributed by atoms with Crippen LogP contribution in [-0.4, -0.2) is 10.7 Å². The van der Waals surface area contributed by atoms with Crippen molar-refractivity contribution in [1.29, 1.82) is 0 Å². The quantitative estimate of drug-likeness (QED) is 0.459. The highest BCUT2D eigenvalue weighted by atomic mass is 79.9. The minimum Gasteiger partial charge on any atom is -0.204 e. The summed E-state index contributed by atoms with van der Waals surface area (Å²) in [6, 6.07) is 12.2. The molecule has 0 spiro atoms. The van der Waals surface area contributed by atoms with Crippen LogP contribution in [0.3, 0.4) is 0 Å². The third kappa shape index (κ3) is 3.57. The van der Waals surface area contributed by atoms with Gasteiger partial charge in [-0.3, -0.25) is 0 Å². The van der Waals surface area contributed by atoms with Crippen molar-refractivity contribution in [3.8, 4) is 0 Å². The molecule has 0 bridgehead atoms. The molecule has 0 nitrogen and oxygen atoms in total. The lowest BCUT2D eigenvalue weighted by atomic mass is 9.79. The molecule has 0 saturated heterocycles. The molecular weight excluding hydrogens is 470 g/mol. The number of halogens is 5. The zero-order chi connectivity index (χ0) is 15.5. The van der Waals surface area contributed by atoms with Crippen LogP contribution in [-0.2, 0) is 11.8 Å². The summed E-state index contributed by atoms with van der Waals surface area (Å²) in [4.78, 5) is 0. The van der Waals surface area contributed by atoms with Crippen LogP contribution in [0.5, 0.6) is 0 Å². The molecule has 0 radical (unpaired) electrons. The molecule has 2 rings (SSSR count). The highest BCUT2D eigenvalue weighted by Gasteiger charge is 2.33. The maximum atomic E-state index is 14.0. The van der Waals surface area contributed by atoms with Crippen LogP contribution in [0.15, 0.2) is 46.9 Å². The van der Waals surface area contributed by atoms with Crippen LogP contribution in [0, 0.1) is 11.6 Å². The van der Waals surface area contributed by atoms with E-state index in [4.69, 9.17) is 0 Å². The first-order chi connectivity index (χ1) is 10.0. The van der Waals surface area contributed by atoms with E-state index >= 15 is 0 Å². The maximum Gasteiger partial charge on any atom is 0.162 e. The van der Waals surface area contributed by atoms with Gasteiger partial charge in [0.15, 0.2) is 11.6 Å². The number of alkyl halides is 2. The summed E-state index contributed by atoms with van der Waals surface area (Å²) in [7, 11) is 0. The first kappa shape index (κ1) is 17.1. The SMILES string of the molecule is Fc1cccc(CC(CBr)(CBr)c2ccccc2Br)c1F. The van der Waals surface area contributed by atoms with Gasteiger partial charge in [-0.05, 0) is 29.7 Å². The third-order valence-corrected chi connectivity index (χ3v) is 6.36. The van der Waals surface area contributed by atoms with Crippen LogP contribution in [0.1, 0.15) is 11.1 Å². The van der Waals surface area contributed by atoms with E-state index in [2.05, 4.69) is 47.8 Å². The fourth-order valence-electron chi connectivity index (χ4n) is 2.31. The van der Waals surface area contributed by atoms with E-state index in [-0.39, 0.29) is 5.41 Å². The van der Waals surface area contributed by atoms with E-state index in [9.17, 15) is 8.78 Å². The van der Waals surface area contributed by atoms with Crippen LogP contribution in [0.25, 0.3) is 0 Å². The zero-order valence-electron chi connectivity index (χ0n) is 11.1. The molecule has 2 aromatic carbocycles.